The van der Waals surface area contributed by atoms with Crippen LogP contribution in [-0.4, -0.2) is 23.9 Å². The van der Waals surface area contributed by atoms with Crippen LogP contribution in [0, 0.1) is 5.92 Å². The standard InChI is InChI=1S/C15H16N2O/c1-11-10-17(7-6-15(11)18)13-8-12-4-2-3-5-14(12)16-9-13/h2-5,8-9,11H,6-7,10H2,1H3. The molecular formula is C15H16N2O. The van der Waals surface area contributed by atoms with Gasteiger partial charge in [0.05, 0.1) is 17.4 Å². The van der Waals surface area contributed by atoms with Crippen LogP contribution in [0.1, 0.15) is 13.3 Å². The number of ketones is 1. The molecule has 1 fully saturated rings. The summed E-state index contributed by atoms with van der Waals surface area (Å²) in [6.45, 7) is 3.62. The second kappa shape index (κ2) is 4.41. The first kappa shape index (κ1) is 11.2. The number of hydrogen-bond acceptors (Lipinski definition) is 3. The Kier molecular flexibility index (Phi) is 2.74. The third-order valence-corrected chi connectivity index (χ3v) is 3.61. The van der Waals surface area contributed by atoms with E-state index in [0.717, 1.165) is 29.7 Å². The van der Waals surface area contributed by atoms with Crippen molar-refractivity contribution in [3.8, 4) is 0 Å². The van der Waals surface area contributed by atoms with Crippen molar-refractivity contribution in [1.29, 1.82) is 0 Å². The van der Waals surface area contributed by atoms with Crippen molar-refractivity contribution in [2.75, 3.05) is 18.0 Å². The number of para-hydroxylation sites is 1. The van der Waals surface area contributed by atoms with Crippen molar-refractivity contribution in [2.24, 2.45) is 5.92 Å². The van der Waals surface area contributed by atoms with E-state index in [4.69, 9.17) is 0 Å². The normalized spacial score (nSPS) is 20.4. The van der Waals surface area contributed by atoms with Crippen LogP contribution in [0.2, 0.25) is 0 Å². The van der Waals surface area contributed by atoms with Crippen LogP contribution >= 0.6 is 0 Å². The number of Topliss-reactive ketones (excluding diaryl/α,β-unsaturated/α-hetero) is 1. The van der Waals surface area contributed by atoms with Crippen molar-refractivity contribution in [3.05, 3.63) is 36.5 Å². The van der Waals surface area contributed by atoms with E-state index in [2.05, 4.69) is 22.0 Å². The predicted octanol–water partition coefficient (Wildman–Crippen LogP) is 2.65. The molecule has 0 aliphatic carbocycles. The van der Waals surface area contributed by atoms with Crippen LogP contribution in [0.3, 0.4) is 0 Å². The lowest BCUT2D eigenvalue weighted by Crippen LogP contribution is -2.39. The van der Waals surface area contributed by atoms with Gasteiger partial charge in [-0.15, -0.1) is 0 Å². The summed E-state index contributed by atoms with van der Waals surface area (Å²) in [6, 6.07) is 10.3. The highest BCUT2D eigenvalue weighted by molar-refractivity contribution is 5.85. The molecule has 18 heavy (non-hydrogen) atoms. The second-order valence-electron chi connectivity index (χ2n) is 4.95. The number of pyridine rings is 1. The molecule has 92 valence electrons. The van der Waals surface area contributed by atoms with Gasteiger partial charge in [-0.25, -0.2) is 0 Å². The zero-order valence-corrected chi connectivity index (χ0v) is 10.5. The number of hydrogen-bond donors (Lipinski definition) is 0. The second-order valence-corrected chi connectivity index (χ2v) is 4.95. The molecule has 0 N–H and O–H groups in total. The summed E-state index contributed by atoms with van der Waals surface area (Å²) in [5, 5.41) is 1.15. The molecule has 1 aromatic carbocycles. The Morgan fingerprint density at radius 3 is 3.00 bits per heavy atom. The predicted molar refractivity (Wildman–Crippen MR) is 72.7 cm³/mol. The highest BCUT2D eigenvalue weighted by Gasteiger charge is 2.23. The molecule has 2 heterocycles. The van der Waals surface area contributed by atoms with Gasteiger partial charge in [0.15, 0.2) is 0 Å². The quantitative estimate of drug-likeness (QED) is 0.768. The molecule has 2 aromatic rings. The molecular weight excluding hydrogens is 224 g/mol. The monoisotopic (exact) mass is 240 g/mol. The summed E-state index contributed by atoms with van der Waals surface area (Å²) < 4.78 is 0. The Morgan fingerprint density at radius 2 is 2.17 bits per heavy atom. The van der Waals surface area contributed by atoms with Gasteiger partial charge in [-0.2, -0.15) is 0 Å². The third kappa shape index (κ3) is 1.96. The van der Waals surface area contributed by atoms with Crippen molar-refractivity contribution in [3.63, 3.8) is 0 Å². The summed E-state index contributed by atoms with van der Waals surface area (Å²) in [7, 11) is 0. The Bertz CT molecular complexity index is 594. The Morgan fingerprint density at radius 1 is 1.33 bits per heavy atom. The average molecular weight is 240 g/mol. The van der Waals surface area contributed by atoms with Gasteiger partial charge >= 0.3 is 0 Å². The lowest BCUT2D eigenvalue weighted by atomic mass is 9.98. The lowest BCUT2D eigenvalue weighted by molar-refractivity contribution is -0.122. The molecule has 1 aromatic heterocycles. The number of anilines is 1. The van der Waals surface area contributed by atoms with E-state index in [1.165, 1.54) is 0 Å². The van der Waals surface area contributed by atoms with Gasteiger partial charge in [-0.05, 0) is 12.1 Å². The highest BCUT2D eigenvalue weighted by atomic mass is 16.1. The van der Waals surface area contributed by atoms with Gasteiger partial charge in [0, 0.05) is 30.8 Å². The highest BCUT2D eigenvalue weighted by Crippen LogP contribution is 2.23. The van der Waals surface area contributed by atoms with E-state index in [9.17, 15) is 4.79 Å². The summed E-state index contributed by atoms with van der Waals surface area (Å²) in [4.78, 5) is 18.3. The fourth-order valence-electron chi connectivity index (χ4n) is 2.48. The molecule has 3 heteroatoms. The van der Waals surface area contributed by atoms with E-state index >= 15 is 0 Å². The zero-order chi connectivity index (χ0) is 12.5. The maximum absolute atomic E-state index is 11.5. The van der Waals surface area contributed by atoms with Gasteiger partial charge in [0.1, 0.15) is 5.78 Å². The number of aromatic nitrogens is 1. The first-order chi connectivity index (χ1) is 8.74. The van der Waals surface area contributed by atoms with Crippen LogP contribution in [-0.2, 0) is 4.79 Å². The summed E-state index contributed by atoms with van der Waals surface area (Å²) in [6.07, 6.45) is 2.55. The number of fused-ring (bicyclic) bond motifs is 1. The van der Waals surface area contributed by atoms with Crippen LogP contribution < -0.4 is 4.90 Å². The molecule has 0 bridgehead atoms. The van der Waals surface area contributed by atoms with Gasteiger partial charge in [0.2, 0.25) is 0 Å². The maximum atomic E-state index is 11.5. The van der Waals surface area contributed by atoms with E-state index in [1.54, 1.807) is 0 Å². The Hall–Kier alpha value is -1.90. The number of carbonyl (C=O) groups excluding carboxylic acids is 1. The number of rotatable bonds is 1. The van der Waals surface area contributed by atoms with Crippen molar-refractivity contribution in [1.82, 2.24) is 4.98 Å². The molecule has 0 spiro atoms. The first-order valence-corrected chi connectivity index (χ1v) is 6.36. The van der Waals surface area contributed by atoms with E-state index in [1.807, 2.05) is 31.3 Å². The summed E-state index contributed by atoms with van der Waals surface area (Å²) >= 11 is 0. The zero-order valence-electron chi connectivity index (χ0n) is 10.5. The van der Waals surface area contributed by atoms with Crippen LogP contribution in [0.4, 0.5) is 5.69 Å². The average Bonchev–Trinajstić information content (AvgIpc) is 2.41. The van der Waals surface area contributed by atoms with E-state index < -0.39 is 0 Å². The Labute approximate surface area is 106 Å². The van der Waals surface area contributed by atoms with E-state index in [0.29, 0.717) is 12.2 Å². The summed E-state index contributed by atoms with van der Waals surface area (Å²) in [5.74, 6) is 0.505. The van der Waals surface area contributed by atoms with Crippen LogP contribution in [0.25, 0.3) is 10.9 Å². The number of piperidine rings is 1. The maximum Gasteiger partial charge on any atom is 0.139 e. The molecule has 0 amide bonds. The largest absolute Gasteiger partial charge is 0.369 e. The third-order valence-electron chi connectivity index (χ3n) is 3.61. The van der Waals surface area contributed by atoms with Crippen molar-refractivity contribution >= 4 is 22.4 Å². The van der Waals surface area contributed by atoms with Gasteiger partial charge in [-0.1, -0.05) is 25.1 Å². The Balaban J connectivity index is 1.92. The minimum absolute atomic E-state index is 0.130. The lowest BCUT2D eigenvalue weighted by Gasteiger charge is -2.31. The van der Waals surface area contributed by atoms with Gasteiger partial charge in [-0.3, -0.25) is 9.78 Å². The first-order valence-electron chi connectivity index (χ1n) is 6.36. The van der Waals surface area contributed by atoms with Crippen LogP contribution in [0.15, 0.2) is 36.5 Å². The van der Waals surface area contributed by atoms with Gasteiger partial charge in [0.25, 0.3) is 0 Å². The molecule has 0 saturated carbocycles. The minimum atomic E-state index is 0.130. The minimum Gasteiger partial charge on any atom is -0.369 e. The topological polar surface area (TPSA) is 33.2 Å². The van der Waals surface area contributed by atoms with Crippen molar-refractivity contribution < 1.29 is 4.79 Å². The van der Waals surface area contributed by atoms with Crippen molar-refractivity contribution in [2.45, 2.75) is 13.3 Å². The molecule has 3 rings (SSSR count). The number of carbonyl (C=O) groups is 1. The van der Waals surface area contributed by atoms with Gasteiger partial charge < -0.3 is 4.90 Å². The van der Waals surface area contributed by atoms with E-state index in [-0.39, 0.29) is 5.92 Å². The fourth-order valence-corrected chi connectivity index (χ4v) is 2.48. The smallest absolute Gasteiger partial charge is 0.139 e. The molecule has 1 aliphatic rings. The van der Waals surface area contributed by atoms with Crippen LogP contribution in [0.5, 0.6) is 0 Å². The number of benzene rings is 1. The molecule has 1 atom stereocenters. The summed E-state index contributed by atoms with van der Waals surface area (Å²) in [5.41, 5.74) is 2.13. The molecule has 0 radical (unpaired) electrons. The molecule has 1 aliphatic heterocycles. The SMILES string of the molecule is CC1CN(c2cnc3ccccc3c2)CCC1=O. The molecule has 1 saturated heterocycles. The number of nitrogens with zero attached hydrogens (tertiary/aromatic N) is 2. The molecule has 3 nitrogen and oxygen atoms in total. The molecule has 1 unspecified atom stereocenters. The fraction of sp³-hybridized carbons (Fsp3) is 0.333.